The topological polar surface area (TPSA) is 67.2 Å². The Hall–Kier alpha value is -3.58. The molecule has 0 radical (unpaired) electrons. The molecule has 0 aliphatic heterocycles. The van der Waals surface area contributed by atoms with E-state index in [4.69, 9.17) is 0 Å². The van der Waals surface area contributed by atoms with Crippen molar-refractivity contribution < 1.29 is 9.59 Å². The molecule has 4 aromatic rings. The van der Waals surface area contributed by atoms with Gasteiger partial charge < -0.3 is 14.8 Å². The van der Waals surface area contributed by atoms with Crippen LogP contribution in [0.4, 0.5) is 11.4 Å². The number of aromatic nitrogens is 2. The lowest BCUT2D eigenvalue weighted by atomic mass is 10.1. The van der Waals surface area contributed by atoms with E-state index in [0.717, 1.165) is 33.5 Å². The number of amides is 2. The number of nitrogens with zero attached hydrogens (tertiary/aromatic N) is 3. The molecule has 1 aromatic heterocycles. The highest BCUT2D eigenvalue weighted by Crippen LogP contribution is 2.25. The Bertz CT molecular complexity index is 1300. The zero-order chi connectivity index (χ0) is 23.4. The third-order valence-electron chi connectivity index (χ3n) is 5.43. The van der Waals surface area contributed by atoms with Crippen molar-refractivity contribution >= 4 is 46.0 Å². The van der Waals surface area contributed by atoms with Gasteiger partial charge in [0, 0.05) is 18.4 Å². The number of carbonyl (C=O) groups is 2. The minimum atomic E-state index is -0.138. The van der Waals surface area contributed by atoms with E-state index < -0.39 is 0 Å². The van der Waals surface area contributed by atoms with Crippen LogP contribution in [-0.2, 0) is 16.1 Å². The lowest BCUT2D eigenvalue weighted by Crippen LogP contribution is -2.28. The first kappa shape index (κ1) is 22.6. The monoisotopic (exact) mass is 458 g/mol. The standard InChI is InChI=1S/C26H26N4O2S/c1-18-13-14-19(2)22(15-18)27-24(31)16-30-23-12-8-7-11-21(23)28-26(30)33-17-25(32)29(3)20-9-5-4-6-10-20/h4-15H,16-17H2,1-3H3,(H,27,31). The highest BCUT2D eigenvalue weighted by atomic mass is 32.2. The maximum Gasteiger partial charge on any atom is 0.244 e. The number of benzene rings is 3. The smallest absolute Gasteiger partial charge is 0.244 e. The summed E-state index contributed by atoms with van der Waals surface area (Å²) in [5.41, 5.74) is 5.39. The Kier molecular flexibility index (Phi) is 6.79. The molecule has 1 N–H and O–H groups in total. The summed E-state index contributed by atoms with van der Waals surface area (Å²) >= 11 is 1.34. The van der Waals surface area contributed by atoms with E-state index in [1.165, 1.54) is 11.8 Å². The zero-order valence-corrected chi connectivity index (χ0v) is 19.7. The second kappa shape index (κ2) is 9.92. The summed E-state index contributed by atoms with van der Waals surface area (Å²) in [6.07, 6.45) is 0. The van der Waals surface area contributed by atoms with E-state index in [0.29, 0.717) is 5.16 Å². The molecule has 6 nitrogen and oxygen atoms in total. The fourth-order valence-electron chi connectivity index (χ4n) is 3.54. The molecular formula is C26H26N4O2S. The summed E-state index contributed by atoms with van der Waals surface area (Å²) in [5.74, 6) is 0.0407. The summed E-state index contributed by atoms with van der Waals surface area (Å²) in [7, 11) is 1.76. The molecule has 1 heterocycles. The van der Waals surface area contributed by atoms with E-state index in [-0.39, 0.29) is 24.1 Å². The molecule has 0 fully saturated rings. The molecule has 0 aliphatic carbocycles. The number of fused-ring (bicyclic) bond motifs is 1. The van der Waals surface area contributed by atoms with Crippen LogP contribution in [0.5, 0.6) is 0 Å². The minimum Gasteiger partial charge on any atom is -0.324 e. The van der Waals surface area contributed by atoms with Gasteiger partial charge in [-0.1, -0.05) is 54.2 Å². The normalized spacial score (nSPS) is 10.9. The molecule has 0 saturated carbocycles. The Labute approximate surface area is 197 Å². The molecule has 0 unspecified atom stereocenters. The summed E-state index contributed by atoms with van der Waals surface area (Å²) in [6, 6.07) is 23.2. The maximum atomic E-state index is 12.9. The number of nitrogens with one attached hydrogen (secondary N) is 1. The fraction of sp³-hybridized carbons (Fsp3) is 0.192. The van der Waals surface area contributed by atoms with E-state index in [1.54, 1.807) is 11.9 Å². The molecule has 0 bridgehead atoms. The number of para-hydroxylation sites is 3. The summed E-state index contributed by atoms with van der Waals surface area (Å²) in [5, 5.41) is 3.65. The van der Waals surface area contributed by atoms with Crippen LogP contribution in [0, 0.1) is 13.8 Å². The van der Waals surface area contributed by atoms with Gasteiger partial charge in [-0.3, -0.25) is 9.59 Å². The Morgan fingerprint density at radius 2 is 1.73 bits per heavy atom. The predicted molar refractivity (Wildman–Crippen MR) is 135 cm³/mol. The summed E-state index contributed by atoms with van der Waals surface area (Å²) in [4.78, 5) is 32.0. The van der Waals surface area contributed by atoms with Crippen molar-refractivity contribution in [3.63, 3.8) is 0 Å². The van der Waals surface area contributed by atoms with Crippen molar-refractivity contribution in [3.8, 4) is 0 Å². The van der Waals surface area contributed by atoms with Gasteiger partial charge in [-0.05, 0) is 55.3 Å². The highest BCUT2D eigenvalue weighted by molar-refractivity contribution is 7.99. The summed E-state index contributed by atoms with van der Waals surface area (Å²) < 4.78 is 1.87. The number of carbonyl (C=O) groups excluding carboxylic acids is 2. The number of imidazole rings is 1. The van der Waals surface area contributed by atoms with Crippen molar-refractivity contribution in [2.45, 2.75) is 25.5 Å². The van der Waals surface area contributed by atoms with Crippen molar-refractivity contribution in [2.24, 2.45) is 0 Å². The van der Waals surface area contributed by atoms with Gasteiger partial charge in [0.05, 0.1) is 16.8 Å². The molecule has 0 atom stereocenters. The molecule has 0 aliphatic rings. The predicted octanol–water partition coefficient (Wildman–Crippen LogP) is 5.05. The van der Waals surface area contributed by atoms with Crippen LogP contribution >= 0.6 is 11.8 Å². The maximum absolute atomic E-state index is 12.9. The first-order valence-electron chi connectivity index (χ1n) is 10.7. The number of rotatable bonds is 7. The molecule has 7 heteroatoms. The van der Waals surface area contributed by atoms with Gasteiger partial charge in [0.25, 0.3) is 0 Å². The lowest BCUT2D eigenvalue weighted by Gasteiger charge is -2.17. The fourth-order valence-corrected chi connectivity index (χ4v) is 4.47. The molecule has 0 saturated heterocycles. The third kappa shape index (κ3) is 5.26. The van der Waals surface area contributed by atoms with Crippen molar-refractivity contribution in [1.29, 1.82) is 0 Å². The highest BCUT2D eigenvalue weighted by Gasteiger charge is 2.18. The van der Waals surface area contributed by atoms with Crippen LogP contribution in [0.25, 0.3) is 11.0 Å². The Morgan fingerprint density at radius 1 is 1.00 bits per heavy atom. The van der Waals surface area contributed by atoms with Crippen molar-refractivity contribution in [2.75, 3.05) is 23.0 Å². The Balaban J connectivity index is 1.52. The van der Waals surface area contributed by atoms with Crippen LogP contribution in [0.15, 0.2) is 78.0 Å². The molecular weight excluding hydrogens is 432 g/mol. The molecule has 0 spiro atoms. The summed E-state index contributed by atoms with van der Waals surface area (Å²) in [6.45, 7) is 4.08. The lowest BCUT2D eigenvalue weighted by molar-refractivity contribution is -0.117. The van der Waals surface area contributed by atoms with E-state index in [1.807, 2.05) is 91.2 Å². The van der Waals surface area contributed by atoms with Gasteiger partial charge >= 0.3 is 0 Å². The van der Waals surface area contributed by atoms with Crippen molar-refractivity contribution in [1.82, 2.24) is 9.55 Å². The van der Waals surface area contributed by atoms with E-state index in [9.17, 15) is 9.59 Å². The van der Waals surface area contributed by atoms with Crippen LogP contribution in [0.3, 0.4) is 0 Å². The first-order chi connectivity index (χ1) is 15.9. The molecule has 4 rings (SSSR count). The van der Waals surface area contributed by atoms with Crippen LogP contribution in [0.2, 0.25) is 0 Å². The first-order valence-corrected chi connectivity index (χ1v) is 11.7. The third-order valence-corrected chi connectivity index (χ3v) is 6.39. The number of hydrogen-bond donors (Lipinski definition) is 1. The second-order valence-corrected chi connectivity index (χ2v) is 8.86. The van der Waals surface area contributed by atoms with E-state index >= 15 is 0 Å². The SMILES string of the molecule is Cc1ccc(C)c(NC(=O)Cn2c(SCC(=O)N(C)c3ccccc3)nc3ccccc32)c1. The number of aryl methyl sites for hydroxylation is 2. The van der Waals surface area contributed by atoms with Gasteiger partial charge in [-0.25, -0.2) is 4.98 Å². The van der Waals surface area contributed by atoms with Crippen LogP contribution in [-0.4, -0.2) is 34.2 Å². The average Bonchev–Trinajstić information content (AvgIpc) is 3.17. The largest absolute Gasteiger partial charge is 0.324 e. The van der Waals surface area contributed by atoms with Gasteiger partial charge in [-0.2, -0.15) is 0 Å². The quantitative estimate of drug-likeness (QED) is 0.394. The second-order valence-electron chi connectivity index (χ2n) is 7.91. The number of anilines is 2. The van der Waals surface area contributed by atoms with Gasteiger partial charge in [-0.15, -0.1) is 0 Å². The zero-order valence-electron chi connectivity index (χ0n) is 18.9. The number of hydrogen-bond acceptors (Lipinski definition) is 4. The van der Waals surface area contributed by atoms with Crippen molar-refractivity contribution in [3.05, 3.63) is 83.9 Å². The number of thioether (sulfide) groups is 1. The molecule has 33 heavy (non-hydrogen) atoms. The Morgan fingerprint density at radius 3 is 2.52 bits per heavy atom. The molecule has 168 valence electrons. The van der Waals surface area contributed by atoms with Gasteiger partial charge in [0.2, 0.25) is 11.8 Å². The van der Waals surface area contributed by atoms with Gasteiger partial charge in [0.1, 0.15) is 6.54 Å². The van der Waals surface area contributed by atoms with E-state index in [2.05, 4.69) is 10.3 Å². The molecule has 2 amide bonds. The van der Waals surface area contributed by atoms with Gasteiger partial charge in [0.15, 0.2) is 5.16 Å². The van der Waals surface area contributed by atoms with Crippen LogP contribution < -0.4 is 10.2 Å². The average molecular weight is 459 g/mol. The minimum absolute atomic E-state index is 0.0374. The molecule has 3 aromatic carbocycles. The van der Waals surface area contributed by atoms with Crippen LogP contribution in [0.1, 0.15) is 11.1 Å².